The van der Waals surface area contributed by atoms with Gasteiger partial charge in [-0.1, -0.05) is 0 Å². The first-order valence-corrected chi connectivity index (χ1v) is 5.98. The molecule has 1 N–H and O–H groups in total. The minimum Gasteiger partial charge on any atom is -0.493 e. The van der Waals surface area contributed by atoms with Crippen LogP contribution >= 0.6 is 0 Å². The number of halogens is 2. The molecule has 0 aliphatic rings. The highest BCUT2D eigenvalue weighted by Crippen LogP contribution is 2.32. The highest BCUT2D eigenvalue weighted by Gasteiger charge is 2.14. The van der Waals surface area contributed by atoms with E-state index in [-0.39, 0.29) is 11.3 Å². The summed E-state index contributed by atoms with van der Waals surface area (Å²) in [5, 5.41) is 11.4. The van der Waals surface area contributed by atoms with Gasteiger partial charge in [0.15, 0.2) is 23.1 Å². The molecule has 0 radical (unpaired) electrons. The Morgan fingerprint density at radius 2 is 1.71 bits per heavy atom. The van der Waals surface area contributed by atoms with E-state index >= 15 is 0 Å². The zero-order valence-electron chi connectivity index (χ0n) is 11.4. The molecule has 2 aromatic rings. The Balaban J connectivity index is 2.35. The molecule has 2 rings (SSSR count). The third-order valence-corrected chi connectivity index (χ3v) is 2.87. The molecule has 0 bridgehead atoms. The molecule has 0 atom stereocenters. The zero-order chi connectivity index (χ0) is 15.4. The van der Waals surface area contributed by atoms with Crippen molar-refractivity contribution >= 4 is 11.4 Å². The molecule has 0 fully saturated rings. The lowest BCUT2D eigenvalue weighted by Crippen LogP contribution is -1.99. The fraction of sp³-hybridized carbons (Fsp3) is 0.133. The Morgan fingerprint density at radius 3 is 2.33 bits per heavy atom. The first-order chi connectivity index (χ1) is 10.1. The van der Waals surface area contributed by atoms with Crippen LogP contribution in [0.4, 0.5) is 20.2 Å². The summed E-state index contributed by atoms with van der Waals surface area (Å²) in [7, 11) is 2.98. The summed E-state index contributed by atoms with van der Waals surface area (Å²) in [6.45, 7) is 0. The second kappa shape index (κ2) is 6.09. The predicted molar refractivity (Wildman–Crippen MR) is 73.9 cm³/mol. The van der Waals surface area contributed by atoms with Crippen molar-refractivity contribution in [2.45, 2.75) is 0 Å². The average molecular weight is 290 g/mol. The van der Waals surface area contributed by atoms with E-state index in [0.717, 1.165) is 0 Å². The molecule has 2 aromatic carbocycles. The normalized spacial score (nSPS) is 9.86. The number of nitrogens with zero attached hydrogens (tertiary/aromatic N) is 1. The van der Waals surface area contributed by atoms with Crippen LogP contribution in [0.5, 0.6) is 11.5 Å². The Labute approximate surface area is 120 Å². The molecule has 0 amide bonds. The number of nitrogens with one attached hydrogen (secondary N) is 1. The molecule has 0 saturated heterocycles. The third kappa shape index (κ3) is 2.87. The van der Waals surface area contributed by atoms with Gasteiger partial charge in [0.1, 0.15) is 6.07 Å². The van der Waals surface area contributed by atoms with Crippen molar-refractivity contribution in [1.29, 1.82) is 5.26 Å². The molecule has 0 aromatic heterocycles. The van der Waals surface area contributed by atoms with E-state index < -0.39 is 11.6 Å². The van der Waals surface area contributed by atoms with Crippen LogP contribution in [0.3, 0.4) is 0 Å². The second-order valence-corrected chi connectivity index (χ2v) is 4.10. The topological polar surface area (TPSA) is 54.3 Å². The largest absolute Gasteiger partial charge is 0.493 e. The predicted octanol–water partition coefficient (Wildman–Crippen LogP) is 3.60. The first-order valence-electron chi connectivity index (χ1n) is 5.98. The molecule has 21 heavy (non-hydrogen) atoms. The lowest BCUT2D eigenvalue weighted by molar-refractivity contribution is 0.355. The maximum atomic E-state index is 13.8. The molecule has 6 heteroatoms. The number of rotatable bonds is 4. The van der Waals surface area contributed by atoms with Crippen molar-refractivity contribution in [3.63, 3.8) is 0 Å². The maximum absolute atomic E-state index is 13.8. The molecular weight excluding hydrogens is 278 g/mol. The lowest BCUT2D eigenvalue weighted by atomic mass is 10.2. The highest BCUT2D eigenvalue weighted by molar-refractivity contribution is 5.64. The Hall–Kier alpha value is -2.81. The number of hydrogen-bond donors (Lipinski definition) is 1. The fourth-order valence-electron chi connectivity index (χ4n) is 1.80. The number of nitriles is 1. The summed E-state index contributed by atoms with van der Waals surface area (Å²) in [5.41, 5.74) is 0.0831. The van der Waals surface area contributed by atoms with Crippen molar-refractivity contribution in [2.75, 3.05) is 19.5 Å². The van der Waals surface area contributed by atoms with E-state index in [1.54, 1.807) is 24.3 Å². The van der Waals surface area contributed by atoms with Gasteiger partial charge in [0.05, 0.1) is 25.5 Å². The van der Waals surface area contributed by atoms with Crippen LogP contribution in [0.15, 0.2) is 30.3 Å². The summed E-state index contributed by atoms with van der Waals surface area (Å²) in [5.74, 6) is -1.31. The molecule has 0 saturated carbocycles. The van der Waals surface area contributed by atoms with Crippen LogP contribution in [-0.2, 0) is 0 Å². The van der Waals surface area contributed by atoms with E-state index in [2.05, 4.69) is 5.32 Å². The van der Waals surface area contributed by atoms with Crippen LogP contribution in [0.25, 0.3) is 0 Å². The van der Waals surface area contributed by atoms with Crippen molar-refractivity contribution in [3.05, 3.63) is 47.5 Å². The highest BCUT2D eigenvalue weighted by atomic mass is 19.2. The van der Waals surface area contributed by atoms with Crippen molar-refractivity contribution in [2.24, 2.45) is 0 Å². The van der Waals surface area contributed by atoms with Crippen molar-refractivity contribution in [1.82, 2.24) is 0 Å². The van der Waals surface area contributed by atoms with Gasteiger partial charge in [-0.15, -0.1) is 0 Å². The van der Waals surface area contributed by atoms with Crippen LogP contribution in [0.1, 0.15) is 5.56 Å². The minimum absolute atomic E-state index is 0.0706. The summed E-state index contributed by atoms with van der Waals surface area (Å²) < 4.78 is 37.6. The number of anilines is 2. The molecule has 0 aliphatic heterocycles. The molecule has 4 nitrogen and oxygen atoms in total. The monoisotopic (exact) mass is 290 g/mol. The van der Waals surface area contributed by atoms with E-state index in [4.69, 9.17) is 14.7 Å². The Kier molecular flexibility index (Phi) is 4.24. The van der Waals surface area contributed by atoms with Crippen LogP contribution in [-0.4, -0.2) is 14.2 Å². The molecule has 0 unspecified atom stereocenters. The minimum atomic E-state index is -1.18. The van der Waals surface area contributed by atoms with Gasteiger partial charge in [-0.25, -0.2) is 8.78 Å². The smallest absolute Gasteiger partial charge is 0.183 e. The number of methoxy groups -OCH3 is 2. The fourth-order valence-corrected chi connectivity index (χ4v) is 1.80. The average Bonchev–Trinajstić information content (AvgIpc) is 2.52. The quantitative estimate of drug-likeness (QED) is 0.934. The summed E-state index contributed by atoms with van der Waals surface area (Å²) in [6.07, 6.45) is 0. The van der Waals surface area contributed by atoms with Gasteiger partial charge in [0.2, 0.25) is 0 Å². The Morgan fingerprint density at radius 1 is 1.00 bits per heavy atom. The van der Waals surface area contributed by atoms with Gasteiger partial charge in [0.25, 0.3) is 0 Å². The zero-order valence-corrected chi connectivity index (χ0v) is 11.4. The third-order valence-electron chi connectivity index (χ3n) is 2.87. The molecule has 0 aliphatic carbocycles. The summed E-state index contributed by atoms with van der Waals surface area (Å²) in [6, 6.07) is 8.96. The van der Waals surface area contributed by atoms with Crippen molar-refractivity contribution in [3.8, 4) is 17.6 Å². The van der Waals surface area contributed by atoms with Gasteiger partial charge in [-0.3, -0.25) is 0 Å². The van der Waals surface area contributed by atoms with Crippen LogP contribution in [0, 0.1) is 23.0 Å². The lowest BCUT2D eigenvalue weighted by Gasteiger charge is -2.12. The summed E-state index contributed by atoms with van der Waals surface area (Å²) in [4.78, 5) is 0. The van der Waals surface area contributed by atoms with Gasteiger partial charge in [-0.2, -0.15) is 5.26 Å². The van der Waals surface area contributed by atoms with E-state index in [0.29, 0.717) is 17.2 Å². The Bertz CT molecular complexity index is 712. The first kappa shape index (κ1) is 14.6. The van der Waals surface area contributed by atoms with Gasteiger partial charge in [0, 0.05) is 11.8 Å². The van der Waals surface area contributed by atoms with Crippen molar-refractivity contribution < 1.29 is 18.3 Å². The van der Waals surface area contributed by atoms with Gasteiger partial charge in [-0.05, 0) is 24.3 Å². The number of ether oxygens (including phenoxy) is 2. The van der Waals surface area contributed by atoms with E-state index in [1.807, 2.05) is 0 Å². The molecular formula is C15H12F2N2O2. The van der Waals surface area contributed by atoms with Gasteiger partial charge < -0.3 is 14.8 Å². The number of benzene rings is 2. The standard InChI is InChI=1S/C15H12F2N2O2/c1-20-12-6-4-10(7-13(12)21-2)19-11-5-3-9(8-18)14(16)15(11)17/h3-7,19H,1-2H3. The second-order valence-electron chi connectivity index (χ2n) is 4.10. The van der Waals surface area contributed by atoms with E-state index in [9.17, 15) is 8.78 Å². The van der Waals surface area contributed by atoms with Crippen LogP contribution < -0.4 is 14.8 Å². The van der Waals surface area contributed by atoms with E-state index in [1.165, 1.54) is 26.4 Å². The number of hydrogen-bond acceptors (Lipinski definition) is 4. The molecule has 0 heterocycles. The summed E-state index contributed by atoms with van der Waals surface area (Å²) >= 11 is 0. The SMILES string of the molecule is COc1ccc(Nc2ccc(C#N)c(F)c2F)cc1OC. The maximum Gasteiger partial charge on any atom is 0.183 e. The van der Waals surface area contributed by atoms with Crippen LogP contribution in [0.2, 0.25) is 0 Å². The van der Waals surface area contributed by atoms with Gasteiger partial charge >= 0.3 is 0 Å². The molecule has 108 valence electrons. The molecule has 0 spiro atoms.